The molecule has 2 unspecified atom stereocenters. The molecule has 0 radical (unpaired) electrons. The molecule has 1 fully saturated rings. The highest BCUT2D eigenvalue weighted by molar-refractivity contribution is 7.10. The van der Waals surface area contributed by atoms with Crippen LogP contribution >= 0.6 is 11.3 Å². The smallest absolute Gasteiger partial charge is 0.341 e. The number of carboxylic acid groups (broad SMARTS) is 1. The number of hydrogen-bond acceptors (Lipinski definition) is 5. The predicted octanol–water partition coefficient (Wildman–Crippen LogP) is 3.30. The molecule has 2 amide bonds. The number of carbonyl (C=O) groups is 2. The van der Waals surface area contributed by atoms with Crippen molar-refractivity contribution in [3.63, 3.8) is 0 Å². The van der Waals surface area contributed by atoms with Crippen LogP contribution in [0.2, 0.25) is 0 Å². The van der Waals surface area contributed by atoms with Gasteiger partial charge in [-0.2, -0.15) is 0 Å². The zero-order chi connectivity index (χ0) is 19.9. The molecule has 8 heteroatoms. The lowest BCUT2D eigenvalue weighted by Gasteiger charge is -2.49. The molecule has 2 atom stereocenters. The summed E-state index contributed by atoms with van der Waals surface area (Å²) in [6, 6.07) is 9.22. The van der Waals surface area contributed by atoms with Gasteiger partial charge in [0.2, 0.25) is 0 Å². The molecule has 28 heavy (non-hydrogen) atoms. The van der Waals surface area contributed by atoms with Crippen molar-refractivity contribution >= 4 is 23.3 Å². The molecule has 1 aromatic heterocycles. The van der Waals surface area contributed by atoms with Crippen LogP contribution in [0.1, 0.15) is 43.0 Å². The summed E-state index contributed by atoms with van der Waals surface area (Å²) in [4.78, 5) is 24.3. The number of benzene rings is 1. The Kier molecular flexibility index (Phi) is 4.45. The molecule has 3 N–H and O–H groups in total. The van der Waals surface area contributed by atoms with Gasteiger partial charge in [0.15, 0.2) is 12.3 Å². The molecule has 0 aliphatic carbocycles. The van der Waals surface area contributed by atoms with Crippen LogP contribution < -0.4 is 20.1 Å². The van der Waals surface area contributed by atoms with Crippen molar-refractivity contribution in [2.45, 2.75) is 43.9 Å². The van der Waals surface area contributed by atoms with Crippen molar-refractivity contribution in [3.8, 4) is 11.5 Å². The third-order valence-corrected chi connectivity index (χ3v) is 5.96. The zero-order valence-corrected chi connectivity index (χ0v) is 16.5. The van der Waals surface area contributed by atoms with Crippen molar-refractivity contribution in [3.05, 3.63) is 46.2 Å². The van der Waals surface area contributed by atoms with E-state index in [4.69, 9.17) is 14.6 Å². The maximum Gasteiger partial charge on any atom is 0.341 e. The molecule has 2 aliphatic heterocycles. The van der Waals surface area contributed by atoms with Gasteiger partial charge in [0, 0.05) is 40.8 Å². The first-order valence-corrected chi connectivity index (χ1v) is 9.95. The standard InChI is InChI=1S/C20H22N2O5S/c1-19(2)11-20(22-18(25)21-19)9-14(16-4-3-7-28-16)13-6-5-12(8-15(13)27-20)26-10-17(23)24/h3-8,14H,9-11H2,1-2H3,(H,23,24)(H2,21,22,25). The van der Waals surface area contributed by atoms with Gasteiger partial charge in [-0.15, -0.1) is 11.3 Å². The van der Waals surface area contributed by atoms with E-state index in [-0.39, 0.29) is 11.9 Å². The molecule has 3 heterocycles. The van der Waals surface area contributed by atoms with Crippen molar-refractivity contribution in [1.29, 1.82) is 0 Å². The molecule has 1 spiro atoms. The second-order valence-electron chi connectivity index (χ2n) is 7.89. The average molecular weight is 402 g/mol. The number of ether oxygens (including phenoxy) is 2. The fraction of sp³-hybridized carbons (Fsp3) is 0.400. The lowest BCUT2D eigenvalue weighted by Crippen LogP contribution is -2.69. The van der Waals surface area contributed by atoms with Crippen molar-refractivity contribution in [2.75, 3.05) is 6.61 Å². The molecule has 2 aliphatic rings. The number of fused-ring (bicyclic) bond motifs is 1. The number of carbonyl (C=O) groups excluding carboxylic acids is 1. The van der Waals surface area contributed by atoms with Crippen LogP contribution in [0.25, 0.3) is 0 Å². The number of aliphatic carboxylic acids is 1. The van der Waals surface area contributed by atoms with Gasteiger partial charge in [-0.1, -0.05) is 12.1 Å². The quantitative estimate of drug-likeness (QED) is 0.729. The van der Waals surface area contributed by atoms with Crippen molar-refractivity contribution < 1.29 is 24.2 Å². The first-order chi connectivity index (χ1) is 13.3. The molecule has 1 saturated heterocycles. The molecular formula is C20H22N2O5S. The number of urea groups is 1. The van der Waals surface area contributed by atoms with Crippen LogP contribution in [0.5, 0.6) is 11.5 Å². The van der Waals surface area contributed by atoms with Crippen LogP contribution in [0.3, 0.4) is 0 Å². The van der Waals surface area contributed by atoms with E-state index in [1.54, 1.807) is 23.5 Å². The Bertz CT molecular complexity index is 911. The van der Waals surface area contributed by atoms with Gasteiger partial charge in [-0.25, -0.2) is 9.59 Å². The Morgan fingerprint density at radius 3 is 2.86 bits per heavy atom. The molecule has 1 aromatic carbocycles. The van der Waals surface area contributed by atoms with Gasteiger partial charge >= 0.3 is 12.0 Å². The first-order valence-electron chi connectivity index (χ1n) is 9.07. The third-order valence-electron chi connectivity index (χ3n) is 4.97. The number of thiophene rings is 1. The Morgan fingerprint density at radius 2 is 2.18 bits per heavy atom. The highest BCUT2D eigenvalue weighted by atomic mass is 32.1. The maximum absolute atomic E-state index is 12.3. The topological polar surface area (TPSA) is 96.9 Å². The monoisotopic (exact) mass is 402 g/mol. The average Bonchev–Trinajstić information content (AvgIpc) is 3.11. The number of hydrogen-bond donors (Lipinski definition) is 3. The van der Waals surface area contributed by atoms with E-state index in [9.17, 15) is 9.59 Å². The van der Waals surface area contributed by atoms with Gasteiger partial charge < -0.3 is 25.2 Å². The van der Waals surface area contributed by atoms with E-state index in [0.29, 0.717) is 24.3 Å². The second kappa shape index (κ2) is 6.70. The summed E-state index contributed by atoms with van der Waals surface area (Å²) in [7, 11) is 0. The molecule has 2 aromatic rings. The highest BCUT2D eigenvalue weighted by Crippen LogP contribution is 2.48. The maximum atomic E-state index is 12.3. The largest absolute Gasteiger partial charge is 0.482 e. The summed E-state index contributed by atoms with van der Waals surface area (Å²) in [5, 5.41) is 16.8. The van der Waals surface area contributed by atoms with Crippen LogP contribution in [0.4, 0.5) is 4.79 Å². The van der Waals surface area contributed by atoms with Gasteiger partial charge in [0.25, 0.3) is 0 Å². The lowest BCUT2D eigenvalue weighted by molar-refractivity contribution is -0.139. The number of nitrogens with one attached hydrogen (secondary N) is 2. The minimum atomic E-state index is -1.04. The van der Waals surface area contributed by atoms with Gasteiger partial charge in [0.05, 0.1) is 0 Å². The molecule has 4 rings (SSSR count). The minimum absolute atomic E-state index is 0.0615. The first kappa shape index (κ1) is 18.6. The zero-order valence-electron chi connectivity index (χ0n) is 15.7. The number of rotatable bonds is 4. The van der Waals surface area contributed by atoms with Crippen LogP contribution in [0, 0.1) is 0 Å². The fourth-order valence-electron chi connectivity index (χ4n) is 4.09. The summed E-state index contributed by atoms with van der Waals surface area (Å²) in [5.41, 5.74) is -0.266. The Balaban J connectivity index is 1.74. The second-order valence-corrected chi connectivity index (χ2v) is 8.87. The third kappa shape index (κ3) is 3.64. The lowest BCUT2D eigenvalue weighted by atomic mass is 9.79. The predicted molar refractivity (Wildman–Crippen MR) is 104 cm³/mol. The van der Waals surface area contributed by atoms with E-state index in [2.05, 4.69) is 16.7 Å². The Hall–Kier alpha value is -2.74. The van der Waals surface area contributed by atoms with E-state index in [1.165, 1.54) is 4.88 Å². The Morgan fingerprint density at radius 1 is 1.36 bits per heavy atom. The summed E-state index contributed by atoms with van der Waals surface area (Å²) >= 11 is 1.67. The molecule has 7 nitrogen and oxygen atoms in total. The van der Waals surface area contributed by atoms with Gasteiger partial charge in [0.1, 0.15) is 11.5 Å². The van der Waals surface area contributed by atoms with Crippen molar-refractivity contribution in [1.82, 2.24) is 10.6 Å². The van der Waals surface area contributed by atoms with Crippen molar-refractivity contribution in [2.24, 2.45) is 0 Å². The Labute approximate surface area is 166 Å². The summed E-state index contributed by atoms with van der Waals surface area (Å²) in [6.07, 6.45) is 1.21. The normalized spacial score (nSPS) is 25.2. The van der Waals surface area contributed by atoms with E-state index in [0.717, 1.165) is 5.56 Å². The fourth-order valence-corrected chi connectivity index (χ4v) is 4.94. The summed E-state index contributed by atoms with van der Waals surface area (Å²) in [5.74, 6) is 0.0404. The number of amides is 2. The van der Waals surface area contributed by atoms with Crippen LogP contribution in [-0.2, 0) is 4.79 Å². The van der Waals surface area contributed by atoms with Gasteiger partial charge in [-0.05, 0) is 31.4 Å². The highest BCUT2D eigenvalue weighted by Gasteiger charge is 2.49. The van der Waals surface area contributed by atoms with E-state index in [1.807, 2.05) is 31.4 Å². The van der Waals surface area contributed by atoms with Gasteiger partial charge in [-0.3, -0.25) is 0 Å². The SMILES string of the molecule is CC1(C)CC2(CC(c3cccs3)c3ccc(OCC(=O)O)cc3O2)NC(=O)N1. The molecule has 0 bridgehead atoms. The van der Waals surface area contributed by atoms with Crippen LogP contribution in [-0.4, -0.2) is 35.0 Å². The number of carboxylic acids is 1. The minimum Gasteiger partial charge on any atom is -0.482 e. The van der Waals surface area contributed by atoms with Crippen LogP contribution in [0.15, 0.2) is 35.7 Å². The summed E-state index contributed by atoms with van der Waals surface area (Å²) < 4.78 is 11.7. The molecular weight excluding hydrogens is 380 g/mol. The van der Waals surface area contributed by atoms with E-state index < -0.39 is 23.8 Å². The summed E-state index contributed by atoms with van der Waals surface area (Å²) in [6.45, 7) is 3.52. The molecule has 148 valence electrons. The molecule has 0 saturated carbocycles. The van der Waals surface area contributed by atoms with E-state index >= 15 is 0 Å².